The van der Waals surface area contributed by atoms with E-state index in [9.17, 15) is 9.59 Å². The average Bonchev–Trinajstić information content (AvgIpc) is 3.02. The Kier molecular flexibility index (Phi) is 9.64. The molecule has 0 spiro atoms. The van der Waals surface area contributed by atoms with Crippen molar-refractivity contribution < 1.29 is 14.3 Å². The highest BCUT2D eigenvalue weighted by Gasteiger charge is 2.30. The molecule has 7 nitrogen and oxygen atoms in total. The quantitative estimate of drug-likeness (QED) is 0.271. The van der Waals surface area contributed by atoms with E-state index in [1.54, 1.807) is 12.0 Å². The summed E-state index contributed by atoms with van der Waals surface area (Å²) in [5, 5.41) is 3.04. The fourth-order valence-electron chi connectivity index (χ4n) is 5.17. The number of ether oxygens (including phenoxy) is 1. The second-order valence-corrected chi connectivity index (χ2v) is 11.4. The summed E-state index contributed by atoms with van der Waals surface area (Å²) in [6, 6.07) is 24.2. The molecule has 2 heterocycles. The Labute approximate surface area is 247 Å². The van der Waals surface area contributed by atoms with Crippen LogP contribution in [0.2, 0.25) is 0 Å². The molecule has 2 aliphatic rings. The van der Waals surface area contributed by atoms with E-state index in [2.05, 4.69) is 46.3 Å². The number of aryl methyl sites for hydroxylation is 1. The van der Waals surface area contributed by atoms with Crippen molar-refractivity contribution in [2.75, 3.05) is 62.7 Å². The molecule has 0 radical (unpaired) electrons. The minimum atomic E-state index is -0.143. The van der Waals surface area contributed by atoms with Crippen LogP contribution in [0.15, 0.2) is 82.6 Å². The number of carbonyl (C=O) groups excluding carboxylic acids is 2. The molecule has 0 aromatic heterocycles. The lowest BCUT2D eigenvalue weighted by Gasteiger charge is -2.36. The number of para-hydroxylation sites is 1. The molecule has 0 aliphatic carbocycles. The van der Waals surface area contributed by atoms with Gasteiger partial charge in [-0.25, -0.2) is 0 Å². The fourth-order valence-corrected chi connectivity index (χ4v) is 6.23. The standard InChI is InChI=1S/C33H38N4O3S/c1-3-25-9-11-26(12-10-25)23-31-33(39)37(29-7-4-5-8-30(29)41-31)24-32(38)34-17-6-18-35-19-21-36(22-20-35)27-13-15-28(40-2)16-14-27/h4-5,7-16,23H,3,6,17-22,24H2,1-2H3,(H,34,38)/b31-23-. The van der Waals surface area contributed by atoms with Crippen LogP contribution in [0, 0.1) is 0 Å². The van der Waals surface area contributed by atoms with Gasteiger partial charge in [-0.1, -0.05) is 55.1 Å². The summed E-state index contributed by atoms with van der Waals surface area (Å²) in [4.78, 5) is 34.5. The maximum Gasteiger partial charge on any atom is 0.265 e. The summed E-state index contributed by atoms with van der Waals surface area (Å²) in [6.45, 7) is 7.59. The molecule has 2 aliphatic heterocycles. The van der Waals surface area contributed by atoms with E-state index in [-0.39, 0.29) is 18.4 Å². The van der Waals surface area contributed by atoms with Crippen molar-refractivity contribution in [3.05, 3.63) is 88.8 Å². The first-order valence-electron chi connectivity index (χ1n) is 14.3. The lowest BCUT2D eigenvalue weighted by Crippen LogP contribution is -2.47. The number of nitrogens with zero attached hydrogens (tertiary/aromatic N) is 3. The van der Waals surface area contributed by atoms with Gasteiger partial charge in [-0.15, -0.1) is 0 Å². The molecule has 3 aromatic carbocycles. The summed E-state index contributed by atoms with van der Waals surface area (Å²) < 4.78 is 5.26. The van der Waals surface area contributed by atoms with Gasteiger partial charge in [0.15, 0.2) is 0 Å². The van der Waals surface area contributed by atoms with Crippen molar-refractivity contribution in [3.63, 3.8) is 0 Å². The van der Waals surface area contributed by atoms with Gasteiger partial charge >= 0.3 is 0 Å². The number of hydrogen-bond acceptors (Lipinski definition) is 6. The molecule has 5 rings (SSSR count). The number of methoxy groups -OCH3 is 1. The van der Waals surface area contributed by atoms with Crippen molar-refractivity contribution >= 4 is 41.0 Å². The number of anilines is 2. The molecule has 0 bridgehead atoms. The molecule has 1 saturated heterocycles. The van der Waals surface area contributed by atoms with Gasteiger partial charge in [0.05, 0.1) is 17.7 Å². The summed E-state index contributed by atoms with van der Waals surface area (Å²) in [5.41, 5.74) is 4.24. The molecular formula is C33H38N4O3S. The zero-order valence-electron chi connectivity index (χ0n) is 23.8. The van der Waals surface area contributed by atoms with Gasteiger partial charge in [-0.2, -0.15) is 0 Å². The first-order valence-corrected chi connectivity index (χ1v) is 15.1. The van der Waals surface area contributed by atoms with Gasteiger partial charge < -0.3 is 15.0 Å². The lowest BCUT2D eigenvalue weighted by molar-refractivity contribution is -0.122. The van der Waals surface area contributed by atoms with Crippen LogP contribution < -0.4 is 19.9 Å². The molecule has 0 atom stereocenters. The smallest absolute Gasteiger partial charge is 0.265 e. The highest BCUT2D eigenvalue weighted by molar-refractivity contribution is 8.04. The highest BCUT2D eigenvalue weighted by atomic mass is 32.2. The summed E-state index contributed by atoms with van der Waals surface area (Å²) in [5.74, 6) is 0.589. The minimum Gasteiger partial charge on any atom is -0.497 e. The summed E-state index contributed by atoms with van der Waals surface area (Å²) in [6.07, 6.45) is 3.76. The molecular weight excluding hydrogens is 532 g/mol. The number of piperazine rings is 1. The Hall–Kier alpha value is -3.75. The van der Waals surface area contributed by atoms with Crippen molar-refractivity contribution in [3.8, 4) is 5.75 Å². The lowest BCUT2D eigenvalue weighted by atomic mass is 10.1. The highest BCUT2D eigenvalue weighted by Crippen LogP contribution is 2.41. The van der Waals surface area contributed by atoms with E-state index in [1.165, 1.54) is 23.0 Å². The van der Waals surface area contributed by atoms with Gasteiger partial charge in [0.2, 0.25) is 5.91 Å². The van der Waals surface area contributed by atoms with Crippen LogP contribution in [0.3, 0.4) is 0 Å². The third-order valence-corrected chi connectivity index (χ3v) is 8.68. The van der Waals surface area contributed by atoms with E-state index in [0.717, 1.165) is 67.5 Å². The first kappa shape index (κ1) is 28.8. The topological polar surface area (TPSA) is 65.1 Å². The third-order valence-electron chi connectivity index (χ3n) is 7.60. The number of rotatable bonds is 10. The Morgan fingerprint density at radius 2 is 1.71 bits per heavy atom. The van der Waals surface area contributed by atoms with Gasteiger partial charge in [-0.3, -0.25) is 19.4 Å². The number of fused-ring (bicyclic) bond motifs is 1. The molecule has 0 saturated carbocycles. The fraction of sp³-hybridized carbons (Fsp3) is 0.333. The normalized spacial score (nSPS) is 16.5. The molecule has 3 aromatic rings. The Morgan fingerprint density at radius 1 is 0.976 bits per heavy atom. The number of carbonyl (C=O) groups is 2. The first-order chi connectivity index (χ1) is 20.0. The predicted molar refractivity (Wildman–Crippen MR) is 168 cm³/mol. The number of hydrogen-bond donors (Lipinski definition) is 1. The molecule has 1 fully saturated rings. The Balaban J connectivity index is 1.11. The Morgan fingerprint density at radius 3 is 2.41 bits per heavy atom. The van der Waals surface area contributed by atoms with Crippen molar-refractivity contribution in [1.29, 1.82) is 0 Å². The van der Waals surface area contributed by atoms with Gasteiger partial charge in [0, 0.05) is 43.3 Å². The number of nitrogens with one attached hydrogen (secondary N) is 1. The summed E-state index contributed by atoms with van der Waals surface area (Å²) >= 11 is 1.46. The average molecular weight is 571 g/mol. The molecule has 41 heavy (non-hydrogen) atoms. The van der Waals surface area contributed by atoms with Crippen molar-refractivity contribution in [1.82, 2.24) is 10.2 Å². The zero-order valence-corrected chi connectivity index (χ0v) is 24.7. The van der Waals surface area contributed by atoms with Gasteiger partial charge in [-0.05, 0) is 73.0 Å². The van der Waals surface area contributed by atoms with Crippen LogP contribution in [-0.4, -0.2) is 69.6 Å². The minimum absolute atomic E-state index is 0.00303. The molecule has 2 amide bonds. The monoisotopic (exact) mass is 570 g/mol. The predicted octanol–water partition coefficient (Wildman–Crippen LogP) is 5.07. The van der Waals surface area contributed by atoms with Gasteiger partial charge in [0.1, 0.15) is 12.3 Å². The van der Waals surface area contributed by atoms with Gasteiger partial charge in [0.25, 0.3) is 5.91 Å². The van der Waals surface area contributed by atoms with E-state index >= 15 is 0 Å². The van der Waals surface area contributed by atoms with Crippen LogP contribution in [0.1, 0.15) is 24.5 Å². The van der Waals surface area contributed by atoms with Crippen LogP contribution in [0.4, 0.5) is 11.4 Å². The number of benzene rings is 3. The molecule has 0 unspecified atom stereocenters. The molecule has 1 N–H and O–H groups in total. The van der Waals surface area contributed by atoms with Crippen LogP contribution >= 0.6 is 11.8 Å². The second kappa shape index (κ2) is 13.7. The zero-order chi connectivity index (χ0) is 28.6. The Bertz CT molecular complexity index is 1370. The summed E-state index contributed by atoms with van der Waals surface area (Å²) in [7, 11) is 1.68. The maximum absolute atomic E-state index is 13.5. The van der Waals surface area contributed by atoms with Crippen LogP contribution in [-0.2, 0) is 16.0 Å². The van der Waals surface area contributed by atoms with Crippen LogP contribution in [0.5, 0.6) is 5.75 Å². The SMILES string of the molecule is CCc1ccc(/C=C2\Sc3ccccc3N(CC(=O)NCCCN3CCN(c4ccc(OC)cc4)CC3)C2=O)cc1. The largest absolute Gasteiger partial charge is 0.497 e. The van der Waals surface area contributed by atoms with Crippen LogP contribution in [0.25, 0.3) is 6.08 Å². The number of amides is 2. The van der Waals surface area contributed by atoms with Crippen molar-refractivity contribution in [2.24, 2.45) is 0 Å². The van der Waals surface area contributed by atoms with E-state index in [1.807, 2.05) is 54.6 Å². The number of thioether (sulfide) groups is 1. The van der Waals surface area contributed by atoms with Crippen molar-refractivity contribution in [2.45, 2.75) is 24.7 Å². The third kappa shape index (κ3) is 7.31. The second-order valence-electron chi connectivity index (χ2n) is 10.3. The molecule has 214 valence electrons. The molecule has 8 heteroatoms. The van der Waals surface area contributed by atoms with E-state index in [4.69, 9.17) is 4.74 Å². The van der Waals surface area contributed by atoms with E-state index < -0.39 is 0 Å². The maximum atomic E-state index is 13.5. The van der Waals surface area contributed by atoms with E-state index in [0.29, 0.717) is 11.4 Å².